The van der Waals surface area contributed by atoms with Gasteiger partial charge in [0.05, 0.1) is 6.04 Å². The van der Waals surface area contributed by atoms with E-state index in [-0.39, 0.29) is 5.91 Å². The maximum absolute atomic E-state index is 12.5. The number of carbonyl (C=O) groups is 1. The minimum atomic E-state index is -0.476. The third-order valence-corrected chi connectivity index (χ3v) is 4.69. The van der Waals surface area contributed by atoms with Gasteiger partial charge in [-0.25, -0.2) is 0 Å². The summed E-state index contributed by atoms with van der Waals surface area (Å²) in [5.74, 6) is 0.707. The van der Waals surface area contributed by atoms with Crippen molar-refractivity contribution >= 4 is 16.8 Å². The zero-order valence-electron chi connectivity index (χ0n) is 12.7. The molecule has 1 heterocycles. The van der Waals surface area contributed by atoms with Gasteiger partial charge in [-0.05, 0) is 43.7 Å². The molecule has 2 aromatic rings. The van der Waals surface area contributed by atoms with Crippen LogP contribution in [0.25, 0.3) is 10.9 Å². The Morgan fingerprint density at radius 3 is 2.86 bits per heavy atom. The molecule has 1 aliphatic carbocycles. The van der Waals surface area contributed by atoms with Crippen LogP contribution in [0.5, 0.6) is 0 Å². The molecular weight excluding hydrogens is 262 g/mol. The first-order valence-electron chi connectivity index (χ1n) is 7.65. The second-order valence-corrected chi connectivity index (χ2v) is 6.20. The minimum absolute atomic E-state index is 0.0414. The molecule has 1 aromatic heterocycles. The van der Waals surface area contributed by atoms with Crippen molar-refractivity contribution < 1.29 is 4.79 Å². The quantitative estimate of drug-likeness (QED) is 0.885. The molecule has 0 saturated heterocycles. The van der Waals surface area contributed by atoms with E-state index in [2.05, 4.69) is 18.0 Å². The maximum atomic E-state index is 12.5. The molecule has 1 amide bonds. The fraction of sp³-hybridized carbons (Fsp3) is 0.471. The lowest BCUT2D eigenvalue weighted by atomic mass is 10.0. The molecule has 21 heavy (non-hydrogen) atoms. The zero-order chi connectivity index (χ0) is 15.0. The number of hydrogen-bond acceptors (Lipinski definition) is 2. The van der Waals surface area contributed by atoms with Crippen molar-refractivity contribution in [3.63, 3.8) is 0 Å². The minimum Gasteiger partial charge on any atom is -0.361 e. The number of nitrogens with two attached hydrogens (primary N) is 1. The summed E-state index contributed by atoms with van der Waals surface area (Å²) in [7, 11) is 1.88. The van der Waals surface area contributed by atoms with Gasteiger partial charge < -0.3 is 15.6 Å². The molecule has 0 spiro atoms. The van der Waals surface area contributed by atoms with E-state index in [4.69, 9.17) is 5.73 Å². The van der Waals surface area contributed by atoms with Gasteiger partial charge in [0.15, 0.2) is 0 Å². The van der Waals surface area contributed by atoms with Crippen LogP contribution < -0.4 is 5.73 Å². The monoisotopic (exact) mass is 285 g/mol. The third-order valence-electron chi connectivity index (χ3n) is 4.69. The van der Waals surface area contributed by atoms with Crippen molar-refractivity contribution in [1.29, 1.82) is 0 Å². The van der Waals surface area contributed by atoms with Crippen LogP contribution in [0.1, 0.15) is 25.3 Å². The van der Waals surface area contributed by atoms with Crippen molar-refractivity contribution in [2.45, 2.75) is 38.3 Å². The van der Waals surface area contributed by atoms with E-state index in [0.717, 1.165) is 16.5 Å². The molecule has 3 N–H and O–H groups in total. The smallest absolute Gasteiger partial charge is 0.239 e. The number of hydrogen-bond donors (Lipinski definition) is 2. The summed E-state index contributed by atoms with van der Waals surface area (Å²) >= 11 is 0. The number of nitrogens with one attached hydrogen (secondary N) is 1. The van der Waals surface area contributed by atoms with Crippen LogP contribution >= 0.6 is 0 Å². The second kappa shape index (κ2) is 5.53. The number of aromatic amines is 1. The molecule has 3 rings (SSSR count). The molecular formula is C17H23N3O. The zero-order valence-corrected chi connectivity index (χ0v) is 12.7. The molecule has 2 atom stereocenters. The van der Waals surface area contributed by atoms with E-state index in [1.165, 1.54) is 12.8 Å². The Bertz CT molecular complexity index is 644. The molecule has 0 aliphatic heterocycles. The van der Waals surface area contributed by atoms with Gasteiger partial charge in [0.25, 0.3) is 0 Å². The lowest BCUT2D eigenvalue weighted by molar-refractivity contribution is -0.133. The molecule has 1 aromatic carbocycles. The van der Waals surface area contributed by atoms with Crippen LogP contribution in [-0.2, 0) is 11.2 Å². The predicted octanol–water partition coefficient (Wildman–Crippen LogP) is 2.29. The Morgan fingerprint density at radius 1 is 1.43 bits per heavy atom. The van der Waals surface area contributed by atoms with Crippen LogP contribution in [0, 0.1) is 5.92 Å². The maximum Gasteiger partial charge on any atom is 0.239 e. The van der Waals surface area contributed by atoms with Crippen molar-refractivity contribution in [1.82, 2.24) is 9.88 Å². The molecule has 0 bridgehead atoms. The average molecular weight is 285 g/mol. The highest BCUT2D eigenvalue weighted by Gasteiger charge is 2.33. The van der Waals surface area contributed by atoms with Gasteiger partial charge in [-0.15, -0.1) is 0 Å². The summed E-state index contributed by atoms with van der Waals surface area (Å²) in [6.45, 7) is 2.12. The van der Waals surface area contributed by atoms with Gasteiger partial charge >= 0.3 is 0 Å². The third kappa shape index (κ3) is 2.81. The van der Waals surface area contributed by atoms with E-state index in [0.29, 0.717) is 18.4 Å². The summed E-state index contributed by atoms with van der Waals surface area (Å²) in [4.78, 5) is 17.5. The number of rotatable bonds is 5. The molecule has 1 unspecified atom stereocenters. The van der Waals surface area contributed by atoms with Crippen molar-refractivity contribution in [3.8, 4) is 0 Å². The molecule has 1 aliphatic rings. The van der Waals surface area contributed by atoms with Crippen LogP contribution in [0.4, 0.5) is 0 Å². The molecule has 4 nitrogen and oxygen atoms in total. The van der Waals surface area contributed by atoms with Gasteiger partial charge in [-0.1, -0.05) is 18.2 Å². The Labute approximate surface area is 125 Å². The molecule has 112 valence electrons. The highest BCUT2D eigenvalue weighted by Crippen LogP contribution is 2.34. The van der Waals surface area contributed by atoms with Gasteiger partial charge in [0.2, 0.25) is 5.91 Å². The first-order valence-corrected chi connectivity index (χ1v) is 7.65. The summed E-state index contributed by atoms with van der Waals surface area (Å²) in [5, 5.41) is 1.15. The van der Waals surface area contributed by atoms with E-state index >= 15 is 0 Å². The lowest BCUT2D eigenvalue weighted by Gasteiger charge is -2.27. The van der Waals surface area contributed by atoms with Crippen molar-refractivity contribution in [2.24, 2.45) is 11.7 Å². The van der Waals surface area contributed by atoms with Gasteiger partial charge in [-0.3, -0.25) is 4.79 Å². The van der Waals surface area contributed by atoms with Crippen LogP contribution in [0.2, 0.25) is 0 Å². The molecule has 1 saturated carbocycles. The first-order chi connectivity index (χ1) is 10.1. The molecule has 4 heteroatoms. The largest absolute Gasteiger partial charge is 0.361 e. The summed E-state index contributed by atoms with van der Waals surface area (Å²) < 4.78 is 0. The first kappa shape index (κ1) is 14.1. The number of amides is 1. The SMILES string of the molecule is CC(C1CC1)N(C)C(=O)[C@H](N)Cc1c[nH]c2ccccc12. The Balaban J connectivity index is 1.70. The number of carbonyl (C=O) groups excluding carboxylic acids is 1. The number of fused-ring (bicyclic) bond motifs is 1. The fourth-order valence-corrected chi connectivity index (χ4v) is 2.98. The Kier molecular flexibility index (Phi) is 3.72. The van der Waals surface area contributed by atoms with Gasteiger partial charge in [0.1, 0.15) is 0 Å². The number of para-hydroxylation sites is 1. The standard InChI is InChI=1S/C17H23N3O/c1-11(12-7-8-12)20(2)17(21)15(18)9-13-10-19-16-6-4-3-5-14(13)16/h3-6,10-12,15,19H,7-9,18H2,1-2H3/t11?,15-/m1/s1. The molecule has 1 fully saturated rings. The topological polar surface area (TPSA) is 62.1 Å². The van der Waals surface area contributed by atoms with Gasteiger partial charge in [-0.2, -0.15) is 0 Å². The normalized spacial score (nSPS) is 17.7. The number of nitrogens with zero attached hydrogens (tertiary/aromatic N) is 1. The number of H-pyrrole nitrogens is 1. The number of benzene rings is 1. The van der Waals surface area contributed by atoms with E-state index < -0.39 is 6.04 Å². The molecule has 0 radical (unpaired) electrons. The van der Waals surface area contributed by atoms with Crippen LogP contribution in [-0.4, -0.2) is 34.9 Å². The van der Waals surface area contributed by atoms with E-state index in [1.54, 1.807) is 0 Å². The number of aromatic nitrogens is 1. The van der Waals surface area contributed by atoms with Crippen molar-refractivity contribution in [2.75, 3.05) is 7.05 Å². The van der Waals surface area contributed by atoms with Gasteiger partial charge in [0, 0.05) is 30.2 Å². The number of likely N-dealkylation sites (N-methyl/N-ethyl adjacent to an activating group) is 1. The highest BCUT2D eigenvalue weighted by atomic mass is 16.2. The summed E-state index contributed by atoms with van der Waals surface area (Å²) in [5.41, 5.74) is 8.35. The fourth-order valence-electron chi connectivity index (χ4n) is 2.98. The predicted molar refractivity (Wildman–Crippen MR) is 84.9 cm³/mol. The van der Waals surface area contributed by atoms with Crippen molar-refractivity contribution in [3.05, 3.63) is 36.0 Å². The van der Waals surface area contributed by atoms with E-state index in [9.17, 15) is 4.79 Å². The summed E-state index contributed by atoms with van der Waals surface area (Å²) in [6.07, 6.45) is 5.00. The second-order valence-electron chi connectivity index (χ2n) is 6.20. The Morgan fingerprint density at radius 2 is 2.14 bits per heavy atom. The average Bonchev–Trinajstić information content (AvgIpc) is 3.28. The van der Waals surface area contributed by atoms with Crippen LogP contribution in [0.3, 0.4) is 0 Å². The van der Waals surface area contributed by atoms with E-state index in [1.807, 2.05) is 36.3 Å². The summed E-state index contributed by atoms with van der Waals surface area (Å²) in [6, 6.07) is 7.93. The highest BCUT2D eigenvalue weighted by molar-refractivity contribution is 5.86. The lowest BCUT2D eigenvalue weighted by Crippen LogP contribution is -2.47. The Hall–Kier alpha value is -1.81. The van der Waals surface area contributed by atoms with Crippen LogP contribution in [0.15, 0.2) is 30.5 Å².